The molecule has 3 aliphatic heterocycles. The van der Waals surface area contributed by atoms with Gasteiger partial charge in [0, 0.05) is 53.5 Å². The molecule has 11 heteroatoms. The molecule has 7 rings (SSSR count). The molecule has 0 radical (unpaired) electrons. The van der Waals surface area contributed by atoms with Crippen LogP contribution in [-0.4, -0.2) is 85.7 Å². The normalized spacial score (nSPS) is 20.2. The van der Waals surface area contributed by atoms with Crippen LogP contribution in [0.2, 0.25) is 12.1 Å². The summed E-state index contributed by atoms with van der Waals surface area (Å²) in [6, 6.07) is 16.0. The van der Waals surface area contributed by atoms with E-state index in [1.165, 1.54) is 11.0 Å². The largest absolute Gasteiger partial charge is 0.481 e. The molecule has 4 aromatic rings. The zero-order valence-corrected chi connectivity index (χ0v) is 29.7. The number of aromatic carboxylic acids is 1. The van der Waals surface area contributed by atoms with Gasteiger partial charge in [-0.3, -0.25) is 9.69 Å². The van der Waals surface area contributed by atoms with Crippen LogP contribution in [0.1, 0.15) is 74.5 Å². The van der Waals surface area contributed by atoms with Crippen LogP contribution >= 0.6 is 0 Å². The van der Waals surface area contributed by atoms with Gasteiger partial charge in [0.1, 0.15) is 23.5 Å². The number of para-hydroxylation sites is 1. The number of piperidine rings is 1. The van der Waals surface area contributed by atoms with Crippen LogP contribution in [0.5, 0.6) is 5.75 Å². The summed E-state index contributed by atoms with van der Waals surface area (Å²) in [7, 11) is 2.92. The van der Waals surface area contributed by atoms with Crippen LogP contribution in [0.25, 0.3) is 17.1 Å². The van der Waals surface area contributed by atoms with E-state index >= 15 is 4.39 Å². The number of aromatic nitrogens is 2. The van der Waals surface area contributed by atoms with E-state index < -0.39 is 17.9 Å². The fraction of sp³-hybridized carbons (Fsp3) is 0.395. The molecule has 9 nitrogen and oxygen atoms in total. The molecule has 49 heavy (non-hydrogen) atoms. The summed E-state index contributed by atoms with van der Waals surface area (Å²) in [4.78, 5) is 33.1. The molecule has 3 aromatic carbocycles. The zero-order chi connectivity index (χ0) is 34.2. The molecule has 3 aliphatic rings. The van der Waals surface area contributed by atoms with Crippen molar-refractivity contribution in [2.45, 2.75) is 62.6 Å². The second kappa shape index (κ2) is 13.9. The first-order valence-electron chi connectivity index (χ1n) is 17.3. The van der Waals surface area contributed by atoms with Gasteiger partial charge in [0.25, 0.3) is 5.91 Å². The molecule has 256 valence electrons. The molecule has 1 amide bonds. The third-order valence-electron chi connectivity index (χ3n) is 10.4. The van der Waals surface area contributed by atoms with Crippen LogP contribution in [0.15, 0.2) is 60.7 Å². The third-order valence-corrected chi connectivity index (χ3v) is 12.2. The van der Waals surface area contributed by atoms with Crippen LogP contribution < -0.4 is 4.74 Å². The van der Waals surface area contributed by atoms with Crippen LogP contribution in [-0.2, 0) is 17.8 Å². The highest BCUT2D eigenvalue weighted by atomic mass is 28.2. The number of halogens is 1. The van der Waals surface area contributed by atoms with Gasteiger partial charge in [-0.05, 0) is 85.8 Å². The maximum atomic E-state index is 15.3. The predicted molar refractivity (Wildman–Crippen MR) is 190 cm³/mol. The Morgan fingerprint density at radius 2 is 1.84 bits per heavy atom. The van der Waals surface area contributed by atoms with E-state index in [0.717, 1.165) is 79.2 Å². The summed E-state index contributed by atoms with van der Waals surface area (Å²) in [5.41, 5.74) is 5.27. The van der Waals surface area contributed by atoms with Gasteiger partial charge in [0.2, 0.25) is 0 Å². The summed E-state index contributed by atoms with van der Waals surface area (Å²) in [6.07, 6.45) is 6.53. The molecule has 1 aromatic heterocycles. The topological polar surface area (TPSA) is 97.1 Å². The minimum Gasteiger partial charge on any atom is -0.481 e. The van der Waals surface area contributed by atoms with Crippen molar-refractivity contribution in [3.63, 3.8) is 0 Å². The molecule has 4 heterocycles. The molecule has 1 unspecified atom stereocenters. The van der Waals surface area contributed by atoms with Gasteiger partial charge < -0.3 is 24.0 Å². The lowest BCUT2D eigenvalue weighted by Crippen LogP contribution is -2.36. The van der Waals surface area contributed by atoms with Crippen molar-refractivity contribution in [1.29, 1.82) is 0 Å². The van der Waals surface area contributed by atoms with E-state index in [0.29, 0.717) is 23.2 Å². The number of nitrogens with zero attached hydrogens (tertiary/aromatic N) is 4. The van der Waals surface area contributed by atoms with Crippen LogP contribution in [0.3, 0.4) is 0 Å². The second-order valence-electron chi connectivity index (χ2n) is 13.7. The Hall–Kier alpha value is -4.32. The maximum absolute atomic E-state index is 15.3. The quantitative estimate of drug-likeness (QED) is 0.208. The lowest BCUT2D eigenvalue weighted by molar-refractivity contribution is -0.0561. The Bertz CT molecular complexity index is 1910. The van der Waals surface area contributed by atoms with Crippen molar-refractivity contribution in [2.75, 3.05) is 33.8 Å². The van der Waals surface area contributed by atoms with Gasteiger partial charge >= 0.3 is 5.97 Å². The van der Waals surface area contributed by atoms with E-state index in [9.17, 15) is 14.7 Å². The number of hydrogen-bond acceptors (Lipinski definition) is 6. The van der Waals surface area contributed by atoms with Gasteiger partial charge in [-0.1, -0.05) is 36.9 Å². The van der Waals surface area contributed by atoms with E-state index in [4.69, 9.17) is 14.5 Å². The van der Waals surface area contributed by atoms with E-state index in [1.807, 2.05) is 24.3 Å². The maximum Gasteiger partial charge on any atom is 0.335 e. The van der Waals surface area contributed by atoms with E-state index in [-0.39, 0.29) is 33.0 Å². The lowest BCUT2D eigenvalue weighted by Gasteiger charge is -2.35. The Kier molecular flexibility index (Phi) is 9.41. The fourth-order valence-corrected chi connectivity index (χ4v) is 8.85. The molecule has 0 spiro atoms. The molecule has 3 atom stereocenters. The number of hydrogen-bond donors (Lipinski definition) is 1. The minimum absolute atomic E-state index is 0.246. The number of amides is 1. The molecule has 0 aliphatic carbocycles. The van der Waals surface area contributed by atoms with Crippen molar-refractivity contribution in [2.24, 2.45) is 0 Å². The number of imidazole rings is 1. The standard InChI is InChI=1S/C38H43FN4O5Si/c1-41(2)37(44)25-7-10-28(29(39)19-25)32-12-9-24-5-4-6-27(36(24)48-32)23-13-16-42(17-14-23)22-35-40-30-11-8-26(38(45)46)20-31(30)43(35)21-34(49-3)33-15-18-47-33/h4-12,19-20,23,32-34H,13-18,21-22,49H2,1-3H3,(H,45,46)/t32-,33?,34-/m0/s1. The molecular weight excluding hydrogens is 640 g/mol. The van der Waals surface area contributed by atoms with Crippen molar-refractivity contribution in [3.05, 3.63) is 100 Å². The van der Waals surface area contributed by atoms with Gasteiger partial charge in [0.15, 0.2) is 0 Å². The number of fused-ring (bicyclic) bond motifs is 2. The highest BCUT2D eigenvalue weighted by Crippen LogP contribution is 2.42. The number of carboxylic acids is 1. The number of ether oxygens (including phenoxy) is 2. The van der Waals surface area contributed by atoms with Crippen molar-refractivity contribution in [1.82, 2.24) is 19.4 Å². The molecular formula is C38H43FN4O5Si. The lowest BCUT2D eigenvalue weighted by atomic mass is 9.87. The van der Waals surface area contributed by atoms with Crippen molar-refractivity contribution < 1.29 is 28.6 Å². The van der Waals surface area contributed by atoms with Gasteiger partial charge in [-0.2, -0.15) is 0 Å². The SMILES string of the molecule is C[SiH2][C@@H](Cn1c(CN2CCC(c3cccc4c3O[C@H](c3ccc(C(=O)N(C)C)cc3F)C=C4)CC2)nc2ccc(C(=O)O)cc21)C1CCO1. The van der Waals surface area contributed by atoms with Crippen LogP contribution in [0, 0.1) is 5.82 Å². The Morgan fingerprint density at radius 1 is 1.06 bits per heavy atom. The highest BCUT2D eigenvalue weighted by Gasteiger charge is 2.31. The monoisotopic (exact) mass is 682 g/mol. The molecule has 0 bridgehead atoms. The smallest absolute Gasteiger partial charge is 0.335 e. The number of carboxylic acid groups (broad SMARTS) is 1. The minimum atomic E-state index is -0.935. The van der Waals surface area contributed by atoms with E-state index in [1.54, 1.807) is 38.4 Å². The summed E-state index contributed by atoms with van der Waals surface area (Å²) in [6.45, 7) is 6.39. The number of carbonyl (C=O) groups excluding carboxylic acids is 1. The van der Waals surface area contributed by atoms with Crippen molar-refractivity contribution >= 4 is 38.5 Å². The Balaban J connectivity index is 1.07. The first-order chi connectivity index (χ1) is 23.7. The van der Waals surface area contributed by atoms with Gasteiger partial charge in [-0.15, -0.1) is 0 Å². The molecule has 2 saturated heterocycles. The van der Waals surface area contributed by atoms with Crippen molar-refractivity contribution in [3.8, 4) is 5.75 Å². The highest BCUT2D eigenvalue weighted by molar-refractivity contribution is 6.36. The summed E-state index contributed by atoms with van der Waals surface area (Å²) in [5.74, 6) is 0.405. The second-order valence-corrected chi connectivity index (χ2v) is 15.5. The van der Waals surface area contributed by atoms with Gasteiger partial charge in [-0.25, -0.2) is 14.2 Å². The number of carbonyl (C=O) groups is 2. The van der Waals surface area contributed by atoms with Gasteiger partial charge in [0.05, 0.1) is 29.2 Å². The Labute approximate surface area is 288 Å². The molecule has 2 fully saturated rings. The molecule has 0 saturated carbocycles. The summed E-state index contributed by atoms with van der Waals surface area (Å²) < 4.78 is 30.0. The average Bonchev–Trinajstić information content (AvgIpc) is 3.42. The first kappa shape index (κ1) is 33.2. The number of likely N-dealkylation sites (tertiary alicyclic amines) is 1. The average molecular weight is 683 g/mol. The van der Waals surface area contributed by atoms with E-state index in [2.05, 4.69) is 28.1 Å². The fourth-order valence-electron chi connectivity index (χ4n) is 7.44. The number of benzene rings is 3. The first-order valence-corrected chi connectivity index (χ1v) is 19.5. The van der Waals surface area contributed by atoms with Crippen LogP contribution in [0.4, 0.5) is 4.39 Å². The number of rotatable bonds is 10. The summed E-state index contributed by atoms with van der Waals surface area (Å²) in [5, 5.41) is 9.70. The predicted octanol–water partition coefficient (Wildman–Crippen LogP) is 5.90. The Morgan fingerprint density at radius 3 is 2.51 bits per heavy atom. The molecule has 1 N–H and O–H groups in total. The summed E-state index contributed by atoms with van der Waals surface area (Å²) >= 11 is 0. The third kappa shape index (κ3) is 6.67. The zero-order valence-electron chi connectivity index (χ0n) is 28.3.